The van der Waals surface area contributed by atoms with Gasteiger partial charge in [-0.3, -0.25) is 0 Å². The summed E-state index contributed by atoms with van der Waals surface area (Å²) in [7, 11) is 0. The fraction of sp³-hybridized carbons (Fsp3) is 0.235. The zero-order valence-electron chi connectivity index (χ0n) is 12.3. The number of aliphatic carboxylic acids is 1. The number of allylic oxidation sites excluding steroid dienone is 2. The van der Waals surface area contributed by atoms with E-state index in [9.17, 15) is 4.79 Å². The second-order valence-electron chi connectivity index (χ2n) is 4.92. The smallest absolute Gasteiger partial charge is 0.335 e. The Labute approximate surface area is 130 Å². The molecule has 2 rings (SSSR count). The maximum atomic E-state index is 11.0. The van der Waals surface area contributed by atoms with E-state index in [0.29, 0.717) is 25.6 Å². The van der Waals surface area contributed by atoms with Crippen molar-refractivity contribution >= 4 is 5.97 Å². The highest BCUT2D eigenvalue weighted by Crippen LogP contribution is 2.26. The summed E-state index contributed by atoms with van der Waals surface area (Å²) in [5.74, 6) is -0.515. The molecular weight excluding hydrogens is 280 g/mol. The van der Waals surface area contributed by atoms with Gasteiger partial charge in [-0.25, -0.2) is 4.79 Å². The Kier molecular flexibility index (Phi) is 5.38. The third kappa shape index (κ3) is 3.77. The first-order chi connectivity index (χ1) is 10.6. The molecule has 0 aromatic heterocycles. The van der Waals surface area contributed by atoms with E-state index in [4.69, 9.17) is 15.6 Å². The molecule has 1 aromatic carbocycles. The predicted octanol–water partition coefficient (Wildman–Crippen LogP) is 2.06. The van der Waals surface area contributed by atoms with Crippen molar-refractivity contribution in [1.82, 2.24) is 4.90 Å². The van der Waals surface area contributed by atoms with E-state index in [1.807, 2.05) is 35.2 Å². The van der Waals surface area contributed by atoms with Crippen LogP contribution in [0.4, 0.5) is 0 Å². The Morgan fingerprint density at radius 1 is 1.36 bits per heavy atom. The molecule has 0 bridgehead atoms. The lowest BCUT2D eigenvalue weighted by Gasteiger charge is -2.37. The standard InChI is InChI=1S/C17H20N2O3/c1-2-13(17(20)21)8-9-16(18)19-10-11-22-12-15(19)14-6-4-3-5-7-14/h2-9,15H,1,10-12,18H2,(H,20,21)/b13-8+,16-9+/t15-/m1/s1. The van der Waals surface area contributed by atoms with E-state index < -0.39 is 5.97 Å². The first-order valence-corrected chi connectivity index (χ1v) is 7.06. The molecule has 1 atom stereocenters. The van der Waals surface area contributed by atoms with Gasteiger partial charge in [0, 0.05) is 6.54 Å². The van der Waals surface area contributed by atoms with E-state index in [0.717, 1.165) is 5.56 Å². The second-order valence-corrected chi connectivity index (χ2v) is 4.92. The number of hydrogen-bond acceptors (Lipinski definition) is 4. The van der Waals surface area contributed by atoms with E-state index >= 15 is 0 Å². The highest BCUT2D eigenvalue weighted by Gasteiger charge is 2.24. The lowest BCUT2D eigenvalue weighted by molar-refractivity contribution is -0.132. The van der Waals surface area contributed by atoms with Crippen molar-refractivity contribution in [3.05, 3.63) is 72.1 Å². The minimum Gasteiger partial charge on any atom is -0.478 e. The van der Waals surface area contributed by atoms with Gasteiger partial charge in [0.2, 0.25) is 0 Å². The molecule has 1 fully saturated rings. The first kappa shape index (κ1) is 15.9. The van der Waals surface area contributed by atoms with E-state index in [-0.39, 0.29) is 11.6 Å². The van der Waals surface area contributed by atoms with Crippen LogP contribution in [0, 0.1) is 0 Å². The summed E-state index contributed by atoms with van der Waals surface area (Å²) < 4.78 is 5.55. The Balaban J connectivity index is 2.23. The molecule has 1 aliphatic rings. The van der Waals surface area contributed by atoms with Crippen molar-refractivity contribution in [2.24, 2.45) is 5.73 Å². The Morgan fingerprint density at radius 3 is 2.73 bits per heavy atom. The summed E-state index contributed by atoms with van der Waals surface area (Å²) in [4.78, 5) is 13.0. The minimum absolute atomic E-state index is 0.0246. The van der Waals surface area contributed by atoms with Gasteiger partial charge in [-0.2, -0.15) is 0 Å². The summed E-state index contributed by atoms with van der Waals surface area (Å²) in [6, 6.07) is 9.99. The molecule has 1 saturated heterocycles. The number of rotatable bonds is 5. The maximum Gasteiger partial charge on any atom is 0.335 e. The molecule has 1 aliphatic heterocycles. The number of hydrogen-bond donors (Lipinski definition) is 2. The molecular formula is C17H20N2O3. The summed E-state index contributed by atoms with van der Waals surface area (Å²) in [5.41, 5.74) is 7.36. The summed E-state index contributed by atoms with van der Waals surface area (Å²) in [6.07, 6.45) is 4.36. The zero-order chi connectivity index (χ0) is 15.9. The van der Waals surface area contributed by atoms with Crippen LogP contribution in [0.5, 0.6) is 0 Å². The number of nitrogens with two attached hydrogens (primary N) is 1. The molecule has 0 saturated carbocycles. The number of benzene rings is 1. The fourth-order valence-corrected chi connectivity index (χ4v) is 2.36. The predicted molar refractivity (Wildman–Crippen MR) is 84.9 cm³/mol. The van der Waals surface area contributed by atoms with Crippen molar-refractivity contribution in [2.45, 2.75) is 6.04 Å². The van der Waals surface area contributed by atoms with Gasteiger partial charge < -0.3 is 20.5 Å². The summed E-state index contributed by atoms with van der Waals surface area (Å²) >= 11 is 0. The lowest BCUT2D eigenvalue weighted by atomic mass is 10.0. The van der Waals surface area contributed by atoms with Crippen LogP contribution in [0.25, 0.3) is 0 Å². The number of carbonyl (C=O) groups is 1. The lowest BCUT2D eigenvalue weighted by Crippen LogP contribution is -2.41. The number of carboxylic acid groups (broad SMARTS) is 1. The molecule has 0 radical (unpaired) electrons. The van der Waals surface area contributed by atoms with Crippen LogP contribution in [0.2, 0.25) is 0 Å². The van der Waals surface area contributed by atoms with E-state index in [2.05, 4.69) is 6.58 Å². The summed E-state index contributed by atoms with van der Waals surface area (Å²) in [6.45, 7) is 5.28. The van der Waals surface area contributed by atoms with Gasteiger partial charge in [-0.1, -0.05) is 43.0 Å². The normalized spacial score (nSPS) is 19.8. The number of nitrogens with zero attached hydrogens (tertiary/aromatic N) is 1. The van der Waals surface area contributed by atoms with Gasteiger partial charge in [-0.15, -0.1) is 0 Å². The third-order valence-electron chi connectivity index (χ3n) is 3.54. The second kappa shape index (κ2) is 7.47. The van der Waals surface area contributed by atoms with Gasteiger partial charge in [0.05, 0.1) is 30.6 Å². The fourth-order valence-electron chi connectivity index (χ4n) is 2.36. The monoisotopic (exact) mass is 300 g/mol. The van der Waals surface area contributed by atoms with Gasteiger partial charge >= 0.3 is 5.97 Å². The minimum atomic E-state index is -1.03. The summed E-state index contributed by atoms with van der Waals surface area (Å²) in [5, 5.41) is 8.98. The molecule has 3 N–H and O–H groups in total. The van der Waals surface area contributed by atoms with Gasteiger partial charge in [0.25, 0.3) is 0 Å². The average molecular weight is 300 g/mol. The van der Waals surface area contributed by atoms with Crippen LogP contribution in [0.15, 0.2) is 66.5 Å². The Bertz CT molecular complexity index is 593. The Morgan fingerprint density at radius 2 is 2.09 bits per heavy atom. The number of carboxylic acids is 1. The molecule has 1 aromatic rings. The topological polar surface area (TPSA) is 75.8 Å². The van der Waals surface area contributed by atoms with E-state index in [1.54, 1.807) is 6.08 Å². The van der Waals surface area contributed by atoms with Crippen molar-refractivity contribution in [3.8, 4) is 0 Å². The third-order valence-corrected chi connectivity index (χ3v) is 3.54. The van der Waals surface area contributed by atoms with Crippen LogP contribution in [0.1, 0.15) is 11.6 Å². The van der Waals surface area contributed by atoms with Crippen LogP contribution in [-0.4, -0.2) is 35.7 Å². The maximum absolute atomic E-state index is 11.0. The molecule has 0 amide bonds. The molecule has 0 unspecified atom stereocenters. The van der Waals surface area contributed by atoms with Gasteiger partial charge in [-0.05, 0) is 17.7 Å². The number of ether oxygens (including phenoxy) is 1. The molecule has 0 aliphatic carbocycles. The molecule has 1 heterocycles. The van der Waals surface area contributed by atoms with Crippen LogP contribution < -0.4 is 5.73 Å². The quantitative estimate of drug-likeness (QED) is 0.643. The average Bonchev–Trinajstić information content (AvgIpc) is 2.55. The highest BCUT2D eigenvalue weighted by molar-refractivity contribution is 5.89. The molecule has 22 heavy (non-hydrogen) atoms. The van der Waals surface area contributed by atoms with Crippen LogP contribution >= 0.6 is 0 Å². The van der Waals surface area contributed by atoms with E-state index in [1.165, 1.54) is 12.2 Å². The van der Waals surface area contributed by atoms with Crippen molar-refractivity contribution in [1.29, 1.82) is 0 Å². The van der Waals surface area contributed by atoms with Gasteiger partial charge in [0.1, 0.15) is 0 Å². The van der Waals surface area contributed by atoms with Crippen LogP contribution in [-0.2, 0) is 9.53 Å². The van der Waals surface area contributed by atoms with Gasteiger partial charge in [0.15, 0.2) is 0 Å². The van der Waals surface area contributed by atoms with Crippen molar-refractivity contribution in [3.63, 3.8) is 0 Å². The SMILES string of the molecule is C=C/C(=C\C=C(/N)N1CCOC[C@@H]1c1ccccc1)C(=O)O. The molecule has 116 valence electrons. The van der Waals surface area contributed by atoms with Crippen LogP contribution in [0.3, 0.4) is 0 Å². The number of morpholine rings is 1. The van der Waals surface area contributed by atoms with Crippen molar-refractivity contribution in [2.75, 3.05) is 19.8 Å². The Hall–Kier alpha value is -2.53. The molecule has 5 heteroatoms. The largest absolute Gasteiger partial charge is 0.478 e. The first-order valence-electron chi connectivity index (χ1n) is 7.06. The highest BCUT2D eigenvalue weighted by atomic mass is 16.5. The zero-order valence-corrected chi connectivity index (χ0v) is 12.3. The molecule has 0 spiro atoms. The van der Waals surface area contributed by atoms with Crippen molar-refractivity contribution < 1.29 is 14.6 Å². The molecule has 5 nitrogen and oxygen atoms in total.